The van der Waals surface area contributed by atoms with Gasteiger partial charge in [-0.1, -0.05) is 13.3 Å². The molecule has 0 fully saturated rings. The molecule has 1 atom stereocenters. The van der Waals surface area contributed by atoms with Crippen LogP contribution in [0.1, 0.15) is 25.5 Å². The first-order valence-electron chi connectivity index (χ1n) is 5.38. The highest BCUT2D eigenvalue weighted by molar-refractivity contribution is 5.36. The zero-order valence-electron chi connectivity index (χ0n) is 9.18. The van der Waals surface area contributed by atoms with E-state index in [0.717, 1.165) is 18.5 Å². The summed E-state index contributed by atoms with van der Waals surface area (Å²) in [6.07, 6.45) is 4.23. The third-order valence-electron chi connectivity index (χ3n) is 2.50. The van der Waals surface area contributed by atoms with Gasteiger partial charge in [-0.3, -0.25) is 0 Å². The van der Waals surface area contributed by atoms with Crippen molar-refractivity contribution in [3.63, 3.8) is 0 Å². The zero-order valence-corrected chi connectivity index (χ0v) is 9.18. The topological polar surface area (TPSA) is 89.1 Å². The van der Waals surface area contributed by atoms with E-state index >= 15 is 0 Å². The molecule has 2 aromatic heterocycles. The fourth-order valence-corrected chi connectivity index (χ4v) is 1.70. The number of rotatable bonds is 4. The molecule has 0 amide bonds. The van der Waals surface area contributed by atoms with Crippen LogP contribution in [0.25, 0.3) is 5.65 Å². The van der Waals surface area contributed by atoms with Crippen LogP contribution in [-0.2, 0) is 6.42 Å². The van der Waals surface area contributed by atoms with Crippen molar-refractivity contribution in [2.24, 2.45) is 5.73 Å². The second-order valence-electron chi connectivity index (χ2n) is 3.89. The van der Waals surface area contributed by atoms with E-state index in [4.69, 9.17) is 5.73 Å². The van der Waals surface area contributed by atoms with Crippen LogP contribution in [0.3, 0.4) is 0 Å². The second-order valence-corrected chi connectivity index (χ2v) is 3.89. The first-order valence-corrected chi connectivity index (χ1v) is 5.38. The van der Waals surface area contributed by atoms with E-state index in [0.29, 0.717) is 12.1 Å². The number of aromatic nitrogens is 4. The Balaban J connectivity index is 2.23. The van der Waals surface area contributed by atoms with Crippen molar-refractivity contribution in [2.75, 3.05) is 0 Å². The molecule has 0 aliphatic heterocycles. The highest BCUT2D eigenvalue weighted by Crippen LogP contribution is 2.04. The van der Waals surface area contributed by atoms with Crippen LogP contribution in [0.5, 0.6) is 0 Å². The molecule has 2 heterocycles. The maximum Gasteiger partial charge on any atom is 0.348 e. The minimum Gasteiger partial charge on any atom is -0.327 e. The molecular weight excluding hydrogens is 206 g/mol. The molecule has 6 heteroatoms. The maximum absolute atomic E-state index is 11.2. The molecule has 1 unspecified atom stereocenters. The van der Waals surface area contributed by atoms with Gasteiger partial charge >= 0.3 is 5.69 Å². The minimum absolute atomic E-state index is 0.116. The van der Waals surface area contributed by atoms with E-state index < -0.39 is 0 Å². The highest BCUT2D eigenvalue weighted by atomic mass is 16.1. The van der Waals surface area contributed by atoms with Crippen LogP contribution in [0.15, 0.2) is 17.2 Å². The maximum atomic E-state index is 11.2. The second kappa shape index (κ2) is 4.44. The Hall–Kier alpha value is -1.69. The van der Waals surface area contributed by atoms with Crippen molar-refractivity contribution in [1.82, 2.24) is 19.6 Å². The summed E-state index contributed by atoms with van der Waals surface area (Å²) >= 11 is 0. The lowest BCUT2D eigenvalue weighted by molar-refractivity contribution is 0.592. The van der Waals surface area contributed by atoms with Crippen LogP contribution in [-0.4, -0.2) is 25.6 Å². The monoisotopic (exact) mass is 221 g/mol. The number of nitrogens with one attached hydrogen (secondary N) is 1. The van der Waals surface area contributed by atoms with Crippen molar-refractivity contribution in [2.45, 2.75) is 32.2 Å². The van der Waals surface area contributed by atoms with Crippen molar-refractivity contribution in [3.05, 3.63) is 28.6 Å². The summed E-state index contributed by atoms with van der Waals surface area (Å²) in [5.74, 6) is 0. The third kappa shape index (κ3) is 2.11. The molecule has 0 saturated carbocycles. The van der Waals surface area contributed by atoms with E-state index in [1.54, 1.807) is 6.07 Å². The average molecular weight is 221 g/mol. The summed E-state index contributed by atoms with van der Waals surface area (Å²) < 4.78 is 1.37. The van der Waals surface area contributed by atoms with Gasteiger partial charge in [0, 0.05) is 24.2 Å². The van der Waals surface area contributed by atoms with Gasteiger partial charge in [-0.25, -0.2) is 19.3 Å². The van der Waals surface area contributed by atoms with Crippen molar-refractivity contribution in [1.29, 1.82) is 0 Å². The minimum atomic E-state index is -0.271. The Morgan fingerprint density at radius 2 is 2.44 bits per heavy atom. The lowest BCUT2D eigenvalue weighted by Gasteiger charge is -2.08. The molecule has 0 aliphatic rings. The summed E-state index contributed by atoms with van der Waals surface area (Å²) in [5.41, 5.74) is 7.11. The molecule has 0 bridgehead atoms. The smallest absolute Gasteiger partial charge is 0.327 e. The Labute approximate surface area is 92.5 Å². The molecular formula is C10H15N5O. The number of nitrogens with two attached hydrogens (primary N) is 1. The number of hydrogen-bond donors (Lipinski definition) is 2. The van der Waals surface area contributed by atoms with Crippen LogP contribution in [0.2, 0.25) is 0 Å². The van der Waals surface area contributed by atoms with Gasteiger partial charge in [-0.2, -0.15) is 5.10 Å². The number of H-pyrrole nitrogens is 1. The number of hydrogen-bond acceptors (Lipinski definition) is 4. The predicted molar refractivity (Wildman–Crippen MR) is 60.2 cm³/mol. The quantitative estimate of drug-likeness (QED) is 0.765. The summed E-state index contributed by atoms with van der Waals surface area (Å²) in [5, 5.41) is 6.25. The Morgan fingerprint density at radius 1 is 1.62 bits per heavy atom. The molecule has 0 spiro atoms. The molecule has 2 aromatic rings. The highest BCUT2D eigenvalue weighted by Gasteiger charge is 2.06. The molecule has 0 aliphatic carbocycles. The van der Waals surface area contributed by atoms with Gasteiger partial charge in [0.1, 0.15) is 6.33 Å². The number of fused-ring (bicyclic) bond motifs is 1. The SMILES string of the molecule is CCCC(N)Cc1cc2n[nH]c(=O)n2cn1. The van der Waals surface area contributed by atoms with Crippen molar-refractivity contribution in [3.8, 4) is 0 Å². The molecule has 0 aromatic carbocycles. The van der Waals surface area contributed by atoms with Crippen LogP contribution in [0.4, 0.5) is 0 Å². The first kappa shape index (κ1) is 10.8. The molecule has 0 radical (unpaired) electrons. The van der Waals surface area contributed by atoms with Crippen molar-refractivity contribution < 1.29 is 0 Å². The summed E-state index contributed by atoms with van der Waals surface area (Å²) in [6, 6.07) is 1.90. The number of aromatic amines is 1. The van der Waals surface area contributed by atoms with E-state index in [1.807, 2.05) is 0 Å². The van der Waals surface area contributed by atoms with Crippen LogP contribution < -0.4 is 11.4 Å². The van der Waals surface area contributed by atoms with Gasteiger partial charge in [-0.05, 0) is 6.42 Å². The Morgan fingerprint density at radius 3 is 3.19 bits per heavy atom. The van der Waals surface area contributed by atoms with Gasteiger partial charge in [0.05, 0.1) is 0 Å². The van der Waals surface area contributed by atoms with E-state index in [9.17, 15) is 4.79 Å². The Kier molecular flexibility index (Phi) is 3.00. The van der Waals surface area contributed by atoms with Gasteiger partial charge in [-0.15, -0.1) is 0 Å². The van der Waals surface area contributed by atoms with Gasteiger partial charge in [0.15, 0.2) is 5.65 Å². The molecule has 3 N–H and O–H groups in total. The van der Waals surface area contributed by atoms with E-state index in [1.165, 1.54) is 10.7 Å². The van der Waals surface area contributed by atoms with Gasteiger partial charge in [0.2, 0.25) is 0 Å². The zero-order chi connectivity index (χ0) is 11.5. The normalized spacial score (nSPS) is 13.1. The molecule has 6 nitrogen and oxygen atoms in total. The fraction of sp³-hybridized carbons (Fsp3) is 0.500. The fourth-order valence-electron chi connectivity index (χ4n) is 1.70. The van der Waals surface area contributed by atoms with Gasteiger partial charge in [0.25, 0.3) is 0 Å². The van der Waals surface area contributed by atoms with Crippen molar-refractivity contribution >= 4 is 5.65 Å². The summed E-state index contributed by atoms with van der Waals surface area (Å²) in [7, 11) is 0. The van der Waals surface area contributed by atoms with E-state index in [-0.39, 0.29) is 11.7 Å². The predicted octanol–water partition coefficient (Wildman–Crippen LogP) is 0.0875. The lowest BCUT2D eigenvalue weighted by atomic mass is 10.1. The summed E-state index contributed by atoms with van der Waals surface area (Å²) in [6.45, 7) is 2.10. The standard InChI is InChI=1S/C10H15N5O/c1-2-3-7(11)4-8-5-9-13-14-10(16)15(9)6-12-8/h5-7H,2-4,11H2,1H3,(H,14,16). The lowest BCUT2D eigenvalue weighted by Crippen LogP contribution is -2.23. The van der Waals surface area contributed by atoms with Crippen LogP contribution >= 0.6 is 0 Å². The first-order chi connectivity index (χ1) is 7.70. The largest absolute Gasteiger partial charge is 0.348 e. The molecule has 0 saturated heterocycles. The Bertz CT molecular complexity index is 529. The number of nitrogens with zero attached hydrogens (tertiary/aromatic N) is 3. The van der Waals surface area contributed by atoms with Gasteiger partial charge < -0.3 is 5.73 Å². The average Bonchev–Trinajstić information content (AvgIpc) is 2.60. The molecule has 2 rings (SSSR count). The van der Waals surface area contributed by atoms with Crippen LogP contribution in [0, 0.1) is 0 Å². The molecule has 86 valence electrons. The summed E-state index contributed by atoms with van der Waals surface area (Å²) in [4.78, 5) is 15.4. The van der Waals surface area contributed by atoms with E-state index in [2.05, 4.69) is 22.1 Å². The third-order valence-corrected chi connectivity index (χ3v) is 2.50. The molecule has 16 heavy (non-hydrogen) atoms.